The third-order valence-electron chi connectivity index (χ3n) is 3.25. The molecule has 3 aromatic rings. The molecule has 110 valence electrons. The maximum atomic E-state index is 12.5. The second kappa shape index (κ2) is 4.67. The lowest BCUT2D eigenvalue weighted by molar-refractivity contribution is 0.596. The summed E-state index contributed by atoms with van der Waals surface area (Å²) in [7, 11) is -3.81. The Morgan fingerprint density at radius 1 is 1.33 bits per heavy atom. The van der Waals surface area contributed by atoms with Crippen molar-refractivity contribution < 1.29 is 8.42 Å². The Labute approximate surface area is 133 Å². The van der Waals surface area contributed by atoms with Crippen LogP contribution in [0.15, 0.2) is 16.6 Å². The zero-order chi connectivity index (χ0) is 14.6. The number of sulfonamides is 1. The fourth-order valence-electron chi connectivity index (χ4n) is 2.38. The second-order valence-corrected chi connectivity index (χ2v) is 8.52. The molecule has 0 saturated carbocycles. The third-order valence-corrected chi connectivity index (χ3v) is 6.95. The molecule has 6 nitrogen and oxygen atoms in total. The Balaban J connectivity index is 1.75. The number of halogens is 1. The van der Waals surface area contributed by atoms with Gasteiger partial charge in [0.25, 0.3) is 10.0 Å². The maximum Gasteiger partial charge on any atom is 0.282 e. The SMILES string of the molecule is O=S(=O)(Nc1nc2c(s1)CCC2)c1c(Cl)nc2sccn12. The molecule has 0 bridgehead atoms. The van der Waals surface area contributed by atoms with Crippen LogP contribution >= 0.6 is 34.3 Å². The van der Waals surface area contributed by atoms with Crippen molar-refractivity contribution in [2.45, 2.75) is 24.3 Å². The third kappa shape index (κ3) is 2.15. The summed E-state index contributed by atoms with van der Waals surface area (Å²) in [6.45, 7) is 0. The minimum Gasteiger partial charge on any atom is -0.278 e. The van der Waals surface area contributed by atoms with Gasteiger partial charge in [0.15, 0.2) is 20.3 Å². The van der Waals surface area contributed by atoms with Crippen molar-refractivity contribution in [3.63, 3.8) is 0 Å². The van der Waals surface area contributed by atoms with Crippen LogP contribution in [-0.2, 0) is 22.9 Å². The molecule has 0 radical (unpaired) electrons. The number of anilines is 1. The summed E-state index contributed by atoms with van der Waals surface area (Å²) in [5, 5.41) is 2.07. The molecule has 4 rings (SSSR count). The van der Waals surface area contributed by atoms with E-state index in [1.165, 1.54) is 27.1 Å². The van der Waals surface area contributed by atoms with Crippen molar-refractivity contribution in [1.82, 2.24) is 14.4 Å². The van der Waals surface area contributed by atoms with Gasteiger partial charge in [0.1, 0.15) is 0 Å². The van der Waals surface area contributed by atoms with E-state index in [0.717, 1.165) is 29.8 Å². The number of rotatable bonds is 3. The van der Waals surface area contributed by atoms with Crippen molar-refractivity contribution in [3.05, 3.63) is 27.3 Å². The lowest BCUT2D eigenvalue weighted by atomic mass is 10.4. The Morgan fingerprint density at radius 3 is 3.00 bits per heavy atom. The Kier molecular flexibility index (Phi) is 3.00. The number of nitrogens with zero attached hydrogens (tertiary/aromatic N) is 3. The minimum atomic E-state index is -3.81. The summed E-state index contributed by atoms with van der Waals surface area (Å²) in [4.78, 5) is 10.1. The van der Waals surface area contributed by atoms with E-state index in [-0.39, 0.29) is 10.2 Å². The van der Waals surface area contributed by atoms with Gasteiger partial charge in [-0.15, -0.1) is 22.7 Å². The zero-order valence-electron chi connectivity index (χ0n) is 10.5. The van der Waals surface area contributed by atoms with Gasteiger partial charge in [-0.05, 0) is 19.3 Å². The van der Waals surface area contributed by atoms with Gasteiger partial charge in [0, 0.05) is 16.5 Å². The average Bonchev–Trinajstić information content (AvgIpc) is 3.06. The molecular formula is C11H9ClN4O2S3. The van der Waals surface area contributed by atoms with E-state index in [1.54, 1.807) is 11.6 Å². The molecule has 0 unspecified atom stereocenters. The van der Waals surface area contributed by atoms with Gasteiger partial charge in [-0.2, -0.15) is 8.42 Å². The standard InChI is InChI=1S/C11H9ClN4O2S3/c12-8-9(16-4-5-19-11(16)14-8)21(17,18)15-10-13-6-2-1-3-7(6)20-10/h4-5H,1-3H2,(H,13,15). The minimum absolute atomic E-state index is 0.0292. The van der Waals surface area contributed by atoms with Gasteiger partial charge < -0.3 is 0 Å². The van der Waals surface area contributed by atoms with Gasteiger partial charge >= 0.3 is 0 Å². The summed E-state index contributed by atoms with van der Waals surface area (Å²) in [5.41, 5.74) is 0.998. The van der Waals surface area contributed by atoms with Gasteiger partial charge in [0.05, 0.1) is 5.69 Å². The van der Waals surface area contributed by atoms with Crippen LogP contribution in [0.3, 0.4) is 0 Å². The molecule has 1 aliphatic carbocycles. The van der Waals surface area contributed by atoms with Gasteiger partial charge in [0.2, 0.25) is 0 Å². The summed E-state index contributed by atoms with van der Waals surface area (Å²) in [6.07, 6.45) is 4.60. The summed E-state index contributed by atoms with van der Waals surface area (Å²) < 4.78 is 29.1. The van der Waals surface area contributed by atoms with Crippen LogP contribution in [0.4, 0.5) is 5.13 Å². The number of hydrogen-bond acceptors (Lipinski definition) is 6. The normalized spacial score (nSPS) is 14.7. The van der Waals surface area contributed by atoms with Gasteiger partial charge in [-0.25, -0.2) is 9.97 Å². The number of fused-ring (bicyclic) bond motifs is 2. The molecule has 0 atom stereocenters. The van der Waals surface area contributed by atoms with Crippen LogP contribution in [0, 0.1) is 0 Å². The first-order chi connectivity index (χ1) is 10.0. The van der Waals surface area contributed by atoms with Crippen molar-refractivity contribution in [1.29, 1.82) is 0 Å². The van der Waals surface area contributed by atoms with Crippen LogP contribution in [0.1, 0.15) is 17.0 Å². The number of nitrogens with one attached hydrogen (secondary N) is 1. The van der Waals surface area contributed by atoms with Crippen LogP contribution in [0.25, 0.3) is 4.96 Å². The second-order valence-electron chi connectivity index (χ2n) is 4.61. The monoisotopic (exact) mass is 360 g/mol. The van der Waals surface area contributed by atoms with Crippen molar-refractivity contribution in [2.24, 2.45) is 0 Å². The number of imidazole rings is 1. The molecule has 3 aromatic heterocycles. The Morgan fingerprint density at radius 2 is 2.19 bits per heavy atom. The zero-order valence-corrected chi connectivity index (χ0v) is 13.7. The van der Waals surface area contributed by atoms with E-state index in [4.69, 9.17) is 11.6 Å². The van der Waals surface area contributed by atoms with Crippen molar-refractivity contribution in [3.8, 4) is 0 Å². The van der Waals surface area contributed by atoms with Crippen LogP contribution < -0.4 is 4.72 Å². The molecule has 0 amide bonds. The summed E-state index contributed by atoms with van der Waals surface area (Å²) in [6, 6.07) is 0. The summed E-state index contributed by atoms with van der Waals surface area (Å²) in [5.74, 6) is 0. The first-order valence-electron chi connectivity index (χ1n) is 6.17. The predicted molar refractivity (Wildman–Crippen MR) is 83.0 cm³/mol. The fraction of sp³-hybridized carbons (Fsp3) is 0.273. The molecule has 21 heavy (non-hydrogen) atoms. The molecule has 0 aromatic carbocycles. The first-order valence-corrected chi connectivity index (χ1v) is 9.73. The predicted octanol–water partition coefficient (Wildman–Crippen LogP) is 2.80. The molecule has 0 fully saturated rings. The first kappa shape index (κ1) is 13.5. The van der Waals surface area contributed by atoms with E-state index in [9.17, 15) is 8.42 Å². The highest BCUT2D eigenvalue weighted by Crippen LogP contribution is 2.33. The lowest BCUT2D eigenvalue weighted by Crippen LogP contribution is -2.15. The van der Waals surface area contributed by atoms with Gasteiger partial charge in [-0.3, -0.25) is 9.12 Å². The van der Waals surface area contributed by atoms with Crippen LogP contribution in [0.2, 0.25) is 5.15 Å². The number of aryl methyl sites for hydroxylation is 2. The number of thiazole rings is 2. The molecular weight excluding hydrogens is 352 g/mol. The largest absolute Gasteiger partial charge is 0.282 e. The summed E-state index contributed by atoms with van der Waals surface area (Å²) >= 11 is 8.69. The Bertz CT molecular complexity index is 919. The van der Waals surface area contributed by atoms with Crippen LogP contribution in [-0.4, -0.2) is 22.8 Å². The van der Waals surface area contributed by atoms with Crippen molar-refractivity contribution >= 4 is 54.4 Å². The average molecular weight is 361 g/mol. The quantitative estimate of drug-likeness (QED) is 0.779. The molecule has 0 saturated heterocycles. The topological polar surface area (TPSA) is 76.4 Å². The van der Waals surface area contributed by atoms with Crippen LogP contribution in [0.5, 0.6) is 0 Å². The highest BCUT2D eigenvalue weighted by Gasteiger charge is 2.27. The molecule has 3 heterocycles. The molecule has 10 heteroatoms. The fourth-order valence-corrected chi connectivity index (χ4v) is 6.12. The molecule has 0 spiro atoms. The van der Waals surface area contributed by atoms with E-state index in [1.807, 2.05) is 0 Å². The van der Waals surface area contributed by atoms with E-state index < -0.39 is 10.0 Å². The Hall–Kier alpha value is -1.16. The van der Waals surface area contributed by atoms with E-state index in [2.05, 4.69) is 14.7 Å². The number of aromatic nitrogens is 3. The molecule has 0 aliphatic heterocycles. The van der Waals surface area contributed by atoms with Gasteiger partial charge in [-0.1, -0.05) is 11.6 Å². The molecule has 1 aliphatic rings. The van der Waals surface area contributed by atoms with E-state index >= 15 is 0 Å². The molecule has 1 N–H and O–H groups in total. The van der Waals surface area contributed by atoms with Crippen molar-refractivity contribution in [2.75, 3.05) is 4.72 Å². The smallest absolute Gasteiger partial charge is 0.278 e. The maximum absolute atomic E-state index is 12.5. The van der Waals surface area contributed by atoms with E-state index in [0.29, 0.717) is 10.1 Å². The highest BCUT2D eigenvalue weighted by atomic mass is 35.5. The number of hydrogen-bond donors (Lipinski definition) is 1. The highest BCUT2D eigenvalue weighted by molar-refractivity contribution is 7.93. The lowest BCUT2D eigenvalue weighted by Gasteiger charge is -2.04.